The van der Waals surface area contributed by atoms with Crippen molar-refractivity contribution in [1.29, 1.82) is 0 Å². The number of pyridine rings is 1. The maximum atomic E-state index is 13.1. The molecule has 190 valence electrons. The lowest BCUT2D eigenvalue weighted by Crippen LogP contribution is -2.42. The van der Waals surface area contributed by atoms with Crippen LogP contribution in [0, 0.1) is 0 Å². The molecule has 0 aliphatic heterocycles. The van der Waals surface area contributed by atoms with Gasteiger partial charge in [0.05, 0.1) is 22.8 Å². The maximum absolute atomic E-state index is 13.1. The molecular weight excluding hydrogens is 499 g/mol. The van der Waals surface area contributed by atoms with Crippen LogP contribution >= 0.6 is 11.6 Å². The number of aliphatic carboxylic acids is 1. The van der Waals surface area contributed by atoms with E-state index in [1.807, 2.05) is 18.2 Å². The van der Waals surface area contributed by atoms with Gasteiger partial charge in [0.15, 0.2) is 0 Å². The third kappa shape index (κ3) is 7.11. The Labute approximate surface area is 210 Å². The molecule has 2 aromatic carbocycles. The van der Waals surface area contributed by atoms with Crippen LogP contribution in [0.25, 0.3) is 0 Å². The highest BCUT2D eigenvalue weighted by molar-refractivity contribution is 6.34. The van der Waals surface area contributed by atoms with Crippen molar-refractivity contribution in [3.63, 3.8) is 0 Å². The van der Waals surface area contributed by atoms with E-state index >= 15 is 0 Å². The first-order chi connectivity index (χ1) is 17.1. The summed E-state index contributed by atoms with van der Waals surface area (Å²) in [6, 6.07) is 13.7. The third-order valence-corrected chi connectivity index (χ3v) is 5.61. The van der Waals surface area contributed by atoms with Crippen LogP contribution in [0.4, 0.5) is 19.0 Å². The molecule has 3 aromatic rings. The topological polar surface area (TPSA) is 101 Å². The fraction of sp³-hybridized carbons (Fsp3) is 0.240. The summed E-state index contributed by atoms with van der Waals surface area (Å²) < 4.78 is 44.9. The highest BCUT2D eigenvalue weighted by Gasteiger charge is 2.35. The molecule has 0 bridgehead atoms. The van der Waals surface area contributed by atoms with Crippen LogP contribution in [0.2, 0.25) is 5.02 Å². The van der Waals surface area contributed by atoms with Crippen LogP contribution in [0.1, 0.15) is 27.2 Å². The van der Waals surface area contributed by atoms with Gasteiger partial charge in [-0.2, -0.15) is 13.2 Å². The van der Waals surface area contributed by atoms with E-state index in [0.29, 0.717) is 24.3 Å². The number of carboxylic acids is 1. The first kappa shape index (κ1) is 26.8. The Bertz CT molecular complexity index is 1220. The van der Waals surface area contributed by atoms with Crippen molar-refractivity contribution in [2.45, 2.75) is 25.1 Å². The molecule has 3 N–H and O–H groups in total. The maximum Gasteiger partial charge on any atom is 0.417 e. The number of alkyl halides is 3. The molecule has 1 amide bonds. The van der Waals surface area contributed by atoms with Gasteiger partial charge in [-0.3, -0.25) is 4.79 Å². The molecule has 7 nitrogen and oxygen atoms in total. The van der Waals surface area contributed by atoms with Gasteiger partial charge in [0.2, 0.25) is 0 Å². The molecule has 0 aliphatic carbocycles. The number of carbonyl (C=O) groups is 2. The fourth-order valence-electron chi connectivity index (χ4n) is 3.35. The van der Waals surface area contributed by atoms with Gasteiger partial charge in [-0.1, -0.05) is 35.9 Å². The van der Waals surface area contributed by atoms with Crippen molar-refractivity contribution < 1.29 is 32.6 Å². The van der Waals surface area contributed by atoms with Crippen molar-refractivity contribution in [2.24, 2.45) is 0 Å². The Morgan fingerprint density at radius 2 is 1.78 bits per heavy atom. The monoisotopic (exact) mass is 521 g/mol. The van der Waals surface area contributed by atoms with Gasteiger partial charge in [-0.15, -0.1) is 0 Å². The van der Waals surface area contributed by atoms with Crippen LogP contribution in [0.5, 0.6) is 5.75 Å². The quantitative estimate of drug-likeness (QED) is 0.353. The number of carboxylic acid groups (broad SMARTS) is 1. The third-order valence-electron chi connectivity index (χ3n) is 5.21. The Kier molecular flexibility index (Phi) is 8.76. The number of nitrogens with one attached hydrogen (secondary N) is 2. The Morgan fingerprint density at radius 1 is 1.08 bits per heavy atom. The zero-order valence-electron chi connectivity index (χ0n) is 19.1. The average Bonchev–Trinajstić information content (AvgIpc) is 2.84. The molecule has 1 atom stereocenters. The molecule has 0 saturated heterocycles. The van der Waals surface area contributed by atoms with Crippen molar-refractivity contribution in [2.75, 3.05) is 19.0 Å². The number of carbonyl (C=O) groups excluding carboxylic acids is 1. The molecule has 0 spiro atoms. The summed E-state index contributed by atoms with van der Waals surface area (Å²) in [5.74, 6) is -1.04. The van der Waals surface area contributed by atoms with E-state index in [0.717, 1.165) is 29.7 Å². The van der Waals surface area contributed by atoms with E-state index in [4.69, 9.17) is 16.3 Å². The highest BCUT2D eigenvalue weighted by atomic mass is 35.5. The molecule has 0 radical (unpaired) electrons. The van der Waals surface area contributed by atoms with Gasteiger partial charge in [0.1, 0.15) is 17.6 Å². The van der Waals surface area contributed by atoms with E-state index < -0.39 is 40.2 Å². The minimum atomic E-state index is -4.75. The number of amides is 1. The van der Waals surface area contributed by atoms with Crippen LogP contribution in [-0.4, -0.2) is 41.7 Å². The number of nitrogens with zero attached hydrogens (tertiary/aromatic N) is 1. The SMILES string of the molecule is CNc1cccc(CCOc2ccc(C[C@H](NC(=O)c3cccc(C(F)(F)F)c3Cl)C(=O)O)cc2)n1. The predicted octanol–water partition coefficient (Wildman–Crippen LogP) is 4.84. The zero-order chi connectivity index (χ0) is 26.3. The highest BCUT2D eigenvalue weighted by Crippen LogP contribution is 2.36. The Morgan fingerprint density at radius 3 is 2.42 bits per heavy atom. The van der Waals surface area contributed by atoms with E-state index in [1.165, 1.54) is 0 Å². The molecular formula is C25H23ClF3N3O4. The van der Waals surface area contributed by atoms with Gasteiger partial charge in [0.25, 0.3) is 5.91 Å². The summed E-state index contributed by atoms with van der Waals surface area (Å²) in [5, 5.41) is 14.0. The number of hydrogen-bond acceptors (Lipinski definition) is 5. The summed E-state index contributed by atoms with van der Waals surface area (Å²) in [4.78, 5) is 28.6. The molecule has 36 heavy (non-hydrogen) atoms. The summed E-state index contributed by atoms with van der Waals surface area (Å²) in [6.07, 6.45) is -4.27. The molecule has 0 unspecified atom stereocenters. The number of aromatic nitrogens is 1. The van der Waals surface area contributed by atoms with Gasteiger partial charge in [-0.05, 0) is 42.0 Å². The van der Waals surface area contributed by atoms with Crippen molar-refractivity contribution in [3.8, 4) is 5.75 Å². The average molecular weight is 522 g/mol. The van der Waals surface area contributed by atoms with Gasteiger partial charge in [0, 0.05) is 25.6 Å². The zero-order valence-corrected chi connectivity index (χ0v) is 19.9. The number of halogens is 4. The second-order valence-electron chi connectivity index (χ2n) is 7.74. The second kappa shape index (κ2) is 11.8. The first-order valence-corrected chi connectivity index (χ1v) is 11.2. The molecule has 1 heterocycles. The minimum Gasteiger partial charge on any atom is -0.493 e. The molecule has 3 rings (SSSR count). The largest absolute Gasteiger partial charge is 0.493 e. The lowest BCUT2D eigenvalue weighted by atomic mass is 10.0. The van der Waals surface area contributed by atoms with Crippen molar-refractivity contribution in [1.82, 2.24) is 10.3 Å². The van der Waals surface area contributed by atoms with Crippen LogP contribution in [-0.2, 0) is 23.8 Å². The minimum absolute atomic E-state index is 0.0985. The Hall–Kier alpha value is -3.79. The van der Waals surface area contributed by atoms with E-state index in [-0.39, 0.29) is 6.42 Å². The van der Waals surface area contributed by atoms with Crippen LogP contribution in [0.3, 0.4) is 0 Å². The number of ether oxygens (including phenoxy) is 1. The van der Waals surface area contributed by atoms with Gasteiger partial charge >= 0.3 is 12.1 Å². The molecule has 0 fully saturated rings. The molecule has 0 aliphatic rings. The number of benzene rings is 2. The lowest BCUT2D eigenvalue weighted by molar-refractivity contribution is -0.139. The van der Waals surface area contributed by atoms with Crippen LogP contribution in [0.15, 0.2) is 60.7 Å². The lowest BCUT2D eigenvalue weighted by Gasteiger charge is -2.17. The first-order valence-electron chi connectivity index (χ1n) is 10.8. The van der Waals surface area contributed by atoms with E-state index in [2.05, 4.69) is 15.6 Å². The summed E-state index contributed by atoms with van der Waals surface area (Å²) in [5.41, 5.74) is -0.200. The standard InChI is InChI=1S/C25H23ClF3N3O4/c1-30-21-7-2-4-16(31-21)12-13-36-17-10-8-15(9-11-17)14-20(24(34)35)32-23(33)18-5-3-6-19(22(18)26)25(27,28)29/h2-11,20H,12-14H2,1H3,(H,30,31)(H,32,33)(H,34,35)/t20-/m0/s1. The number of anilines is 1. The summed E-state index contributed by atoms with van der Waals surface area (Å²) in [6.45, 7) is 0.380. The normalized spacial score (nSPS) is 12.0. The number of hydrogen-bond donors (Lipinski definition) is 3. The Balaban J connectivity index is 1.60. The summed E-state index contributed by atoms with van der Waals surface area (Å²) in [7, 11) is 1.78. The molecule has 0 saturated carbocycles. The van der Waals surface area contributed by atoms with Gasteiger partial charge < -0.3 is 20.5 Å². The van der Waals surface area contributed by atoms with Crippen LogP contribution < -0.4 is 15.4 Å². The smallest absolute Gasteiger partial charge is 0.417 e. The molecule has 1 aromatic heterocycles. The predicted molar refractivity (Wildman–Crippen MR) is 128 cm³/mol. The number of rotatable bonds is 10. The second-order valence-corrected chi connectivity index (χ2v) is 8.12. The molecule has 11 heteroatoms. The van der Waals surface area contributed by atoms with E-state index in [1.54, 1.807) is 31.3 Å². The van der Waals surface area contributed by atoms with Crippen molar-refractivity contribution >= 4 is 29.3 Å². The fourth-order valence-corrected chi connectivity index (χ4v) is 3.67. The summed E-state index contributed by atoms with van der Waals surface area (Å²) >= 11 is 5.78. The van der Waals surface area contributed by atoms with E-state index in [9.17, 15) is 27.9 Å². The van der Waals surface area contributed by atoms with Crippen molar-refractivity contribution in [3.05, 3.63) is 88.1 Å². The van der Waals surface area contributed by atoms with Gasteiger partial charge in [-0.25, -0.2) is 9.78 Å².